The molecule has 0 radical (unpaired) electrons. The maximum atomic E-state index is 9.31. The average molecular weight is 241 g/mol. The van der Waals surface area contributed by atoms with Crippen LogP contribution in [0.15, 0.2) is 24.3 Å². The summed E-state index contributed by atoms with van der Waals surface area (Å²) in [6, 6.07) is 7.43. The number of aliphatic hydroxyl groups excluding tert-OH is 1. The second-order valence-electron chi connectivity index (χ2n) is 3.80. The zero-order valence-corrected chi connectivity index (χ0v) is 10.5. The van der Waals surface area contributed by atoms with Crippen molar-refractivity contribution in [2.45, 2.75) is 24.8 Å². The SMILES string of the molecule is CSC(CO)C(C)NCc1cccc(O)c1. The predicted molar refractivity (Wildman–Crippen MR) is 68.8 cm³/mol. The largest absolute Gasteiger partial charge is 0.508 e. The van der Waals surface area contributed by atoms with Gasteiger partial charge in [-0.25, -0.2) is 0 Å². The van der Waals surface area contributed by atoms with Crippen LogP contribution >= 0.6 is 11.8 Å². The van der Waals surface area contributed by atoms with Gasteiger partial charge in [0.05, 0.1) is 6.61 Å². The van der Waals surface area contributed by atoms with Crippen molar-refractivity contribution < 1.29 is 10.2 Å². The second kappa shape index (κ2) is 6.78. The highest BCUT2D eigenvalue weighted by Gasteiger charge is 2.14. The minimum Gasteiger partial charge on any atom is -0.508 e. The number of phenols is 1. The number of aromatic hydroxyl groups is 1. The van der Waals surface area contributed by atoms with E-state index >= 15 is 0 Å². The Morgan fingerprint density at radius 2 is 2.19 bits per heavy atom. The molecule has 3 N–H and O–H groups in total. The van der Waals surface area contributed by atoms with Crippen molar-refractivity contribution in [3.63, 3.8) is 0 Å². The van der Waals surface area contributed by atoms with Crippen LogP contribution in [0.1, 0.15) is 12.5 Å². The van der Waals surface area contributed by atoms with Gasteiger partial charge in [0, 0.05) is 17.8 Å². The van der Waals surface area contributed by atoms with E-state index in [1.165, 1.54) is 0 Å². The van der Waals surface area contributed by atoms with Crippen molar-refractivity contribution in [1.29, 1.82) is 0 Å². The van der Waals surface area contributed by atoms with Gasteiger partial charge in [0.25, 0.3) is 0 Å². The van der Waals surface area contributed by atoms with E-state index in [9.17, 15) is 5.11 Å². The van der Waals surface area contributed by atoms with Gasteiger partial charge in [0.1, 0.15) is 5.75 Å². The summed E-state index contributed by atoms with van der Waals surface area (Å²) in [5, 5.41) is 22.0. The molecule has 1 aromatic carbocycles. The molecule has 0 heterocycles. The van der Waals surface area contributed by atoms with Gasteiger partial charge in [-0.2, -0.15) is 11.8 Å². The lowest BCUT2D eigenvalue weighted by Gasteiger charge is -2.21. The molecule has 0 aromatic heterocycles. The summed E-state index contributed by atoms with van der Waals surface area (Å²) in [5.41, 5.74) is 1.05. The smallest absolute Gasteiger partial charge is 0.115 e. The van der Waals surface area contributed by atoms with E-state index in [0.717, 1.165) is 5.56 Å². The number of nitrogens with one attached hydrogen (secondary N) is 1. The minimum atomic E-state index is 0.176. The predicted octanol–water partition coefficient (Wildman–Crippen LogP) is 1.59. The number of hydrogen-bond acceptors (Lipinski definition) is 4. The van der Waals surface area contributed by atoms with Crippen molar-refractivity contribution in [3.8, 4) is 5.75 Å². The molecule has 0 aliphatic carbocycles. The highest BCUT2D eigenvalue weighted by atomic mass is 32.2. The molecule has 1 aromatic rings. The lowest BCUT2D eigenvalue weighted by molar-refractivity contribution is 0.276. The van der Waals surface area contributed by atoms with Gasteiger partial charge < -0.3 is 15.5 Å². The number of benzene rings is 1. The third kappa shape index (κ3) is 4.04. The summed E-state index contributed by atoms with van der Waals surface area (Å²) >= 11 is 1.65. The normalized spacial score (nSPS) is 14.7. The molecule has 2 unspecified atom stereocenters. The first kappa shape index (κ1) is 13.4. The van der Waals surface area contributed by atoms with Crippen LogP contribution < -0.4 is 5.32 Å². The van der Waals surface area contributed by atoms with Crippen LogP contribution in [0.4, 0.5) is 0 Å². The van der Waals surface area contributed by atoms with Crippen molar-refractivity contribution in [3.05, 3.63) is 29.8 Å². The van der Waals surface area contributed by atoms with E-state index in [4.69, 9.17) is 5.11 Å². The van der Waals surface area contributed by atoms with Crippen LogP contribution in [0.2, 0.25) is 0 Å². The van der Waals surface area contributed by atoms with Crippen LogP contribution in [0, 0.1) is 0 Å². The Labute approximate surface area is 101 Å². The molecule has 3 nitrogen and oxygen atoms in total. The number of phenolic OH excluding ortho intramolecular Hbond substituents is 1. The van der Waals surface area contributed by atoms with Crippen molar-refractivity contribution in [2.24, 2.45) is 0 Å². The lowest BCUT2D eigenvalue weighted by Crippen LogP contribution is -2.37. The number of aliphatic hydroxyl groups is 1. The zero-order chi connectivity index (χ0) is 12.0. The molecule has 2 atom stereocenters. The molecule has 0 aliphatic rings. The summed E-state index contributed by atoms with van der Waals surface area (Å²) in [6.07, 6.45) is 1.99. The van der Waals surface area contributed by atoms with E-state index < -0.39 is 0 Å². The first-order valence-electron chi connectivity index (χ1n) is 5.32. The number of rotatable bonds is 6. The van der Waals surface area contributed by atoms with Crippen LogP contribution in [0.3, 0.4) is 0 Å². The maximum Gasteiger partial charge on any atom is 0.115 e. The van der Waals surface area contributed by atoms with E-state index in [2.05, 4.69) is 12.2 Å². The van der Waals surface area contributed by atoms with Gasteiger partial charge >= 0.3 is 0 Å². The quantitative estimate of drug-likeness (QED) is 0.708. The summed E-state index contributed by atoms with van der Waals surface area (Å²) in [5.74, 6) is 0.288. The molecular weight excluding hydrogens is 222 g/mol. The van der Waals surface area contributed by atoms with Crippen molar-refractivity contribution in [2.75, 3.05) is 12.9 Å². The molecule has 0 amide bonds. The Balaban J connectivity index is 2.45. The first-order chi connectivity index (χ1) is 7.67. The van der Waals surface area contributed by atoms with Crippen LogP contribution in [0.25, 0.3) is 0 Å². The Morgan fingerprint density at radius 1 is 1.44 bits per heavy atom. The number of hydrogen-bond donors (Lipinski definition) is 3. The van der Waals surface area contributed by atoms with Gasteiger partial charge in [-0.05, 0) is 30.9 Å². The lowest BCUT2D eigenvalue weighted by atomic mass is 10.2. The topological polar surface area (TPSA) is 52.5 Å². The Hall–Kier alpha value is -0.710. The second-order valence-corrected chi connectivity index (χ2v) is 4.87. The van der Waals surface area contributed by atoms with Gasteiger partial charge in [-0.3, -0.25) is 0 Å². The molecule has 4 heteroatoms. The fourth-order valence-corrected chi connectivity index (χ4v) is 2.17. The summed E-state index contributed by atoms with van der Waals surface area (Å²) in [4.78, 5) is 0. The summed E-state index contributed by atoms with van der Waals surface area (Å²) in [7, 11) is 0. The van der Waals surface area contributed by atoms with Crippen molar-refractivity contribution in [1.82, 2.24) is 5.32 Å². The van der Waals surface area contributed by atoms with Crippen molar-refractivity contribution >= 4 is 11.8 Å². The number of thioether (sulfide) groups is 1. The Kier molecular flexibility index (Phi) is 5.66. The highest BCUT2D eigenvalue weighted by molar-refractivity contribution is 7.99. The molecule has 90 valence electrons. The molecular formula is C12H19NO2S. The molecule has 16 heavy (non-hydrogen) atoms. The van der Waals surface area contributed by atoms with E-state index in [1.54, 1.807) is 23.9 Å². The molecule has 0 saturated carbocycles. The molecule has 0 bridgehead atoms. The van der Waals surface area contributed by atoms with Gasteiger partial charge in [-0.1, -0.05) is 12.1 Å². The Bertz CT molecular complexity index is 316. The van der Waals surface area contributed by atoms with Crippen LogP contribution in [0.5, 0.6) is 5.75 Å². The maximum absolute atomic E-state index is 9.31. The Morgan fingerprint density at radius 3 is 2.75 bits per heavy atom. The molecule has 0 fully saturated rings. The van der Waals surface area contributed by atoms with Crippen LogP contribution in [-0.4, -0.2) is 34.4 Å². The van der Waals surface area contributed by atoms with Crippen LogP contribution in [-0.2, 0) is 6.54 Å². The monoisotopic (exact) mass is 241 g/mol. The highest BCUT2D eigenvalue weighted by Crippen LogP contribution is 2.13. The molecule has 0 saturated heterocycles. The summed E-state index contributed by atoms with van der Waals surface area (Å²) < 4.78 is 0. The molecule has 1 rings (SSSR count). The summed E-state index contributed by atoms with van der Waals surface area (Å²) in [6.45, 7) is 2.93. The van der Waals surface area contributed by atoms with E-state index in [1.807, 2.05) is 18.4 Å². The third-order valence-electron chi connectivity index (χ3n) is 2.58. The minimum absolute atomic E-state index is 0.176. The van der Waals surface area contributed by atoms with E-state index in [-0.39, 0.29) is 23.6 Å². The van der Waals surface area contributed by atoms with E-state index in [0.29, 0.717) is 6.54 Å². The van der Waals surface area contributed by atoms with Gasteiger partial charge in [0.15, 0.2) is 0 Å². The molecule has 0 spiro atoms. The van der Waals surface area contributed by atoms with Gasteiger partial charge in [0.2, 0.25) is 0 Å². The zero-order valence-electron chi connectivity index (χ0n) is 9.68. The average Bonchev–Trinajstić information content (AvgIpc) is 2.28. The first-order valence-corrected chi connectivity index (χ1v) is 6.61. The standard InChI is InChI=1S/C12H19NO2S/c1-9(12(8-14)16-2)13-7-10-4-3-5-11(15)6-10/h3-6,9,12-15H,7-8H2,1-2H3. The third-order valence-corrected chi connectivity index (χ3v) is 3.74. The van der Waals surface area contributed by atoms with Gasteiger partial charge in [-0.15, -0.1) is 0 Å². The fourth-order valence-electron chi connectivity index (χ4n) is 1.51. The molecule has 0 aliphatic heterocycles. The fraction of sp³-hybridized carbons (Fsp3) is 0.500.